The zero-order chi connectivity index (χ0) is 13.8. The first-order valence-electron chi connectivity index (χ1n) is 5.90. The van der Waals surface area contributed by atoms with Gasteiger partial charge < -0.3 is 0 Å². The molecule has 0 bridgehead atoms. The standard InChI is InChI=1S/C14H10N4OS/c19-13(11-4-2-6-16-8-11)18-14-17-12(9-20-14)10-3-1-5-15-7-10/h1-9H,(H,17,18,19). The fourth-order valence-electron chi connectivity index (χ4n) is 1.64. The zero-order valence-corrected chi connectivity index (χ0v) is 11.2. The van der Waals surface area contributed by atoms with E-state index in [1.165, 1.54) is 17.5 Å². The number of anilines is 1. The summed E-state index contributed by atoms with van der Waals surface area (Å²) in [5, 5.41) is 5.19. The Hall–Kier alpha value is -2.60. The van der Waals surface area contributed by atoms with E-state index in [4.69, 9.17) is 0 Å². The lowest BCUT2D eigenvalue weighted by Gasteiger charge is -2.00. The van der Waals surface area contributed by atoms with E-state index in [2.05, 4.69) is 20.3 Å². The van der Waals surface area contributed by atoms with Gasteiger partial charge >= 0.3 is 0 Å². The number of carbonyl (C=O) groups is 1. The lowest BCUT2D eigenvalue weighted by atomic mass is 10.2. The van der Waals surface area contributed by atoms with Gasteiger partial charge in [0.05, 0.1) is 11.3 Å². The number of aromatic nitrogens is 3. The molecule has 1 amide bonds. The highest BCUT2D eigenvalue weighted by Crippen LogP contribution is 2.24. The third-order valence-electron chi connectivity index (χ3n) is 2.61. The van der Waals surface area contributed by atoms with E-state index >= 15 is 0 Å². The molecular weight excluding hydrogens is 272 g/mol. The molecule has 20 heavy (non-hydrogen) atoms. The molecule has 0 aliphatic rings. The fourth-order valence-corrected chi connectivity index (χ4v) is 2.36. The van der Waals surface area contributed by atoms with Gasteiger partial charge in [0.15, 0.2) is 5.13 Å². The molecule has 0 atom stereocenters. The topological polar surface area (TPSA) is 67.8 Å². The highest BCUT2D eigenvalue weighted by atomic mass is 32.1. The van der Waals surface area contributed by atoms with Crippen LogP contribution in [-0.2, 0) is 0 Å². The van der Waals surface area contributed by atoms with E-state index in [0.717, 1.165) is 11.3 Å². The summed E-state index contributed by atoms with van der Waals surface area (Å²) in [4.78, 5) is 24.3. The van der Waals surface area contributed by atoms with Crippen LogP contribution in [0.1, 0.15) is 10.4 Å². The van der Waals surface area contributed by atoms with Crippen molar-refractivity contribution in [2.45, 2.75) is 0 Å². The molecule has 0 radical (unpaired) electrons. The number of nitrogens with zero attached hydrogens (tertiary/aromatic N) is 3. The summed E-state index contributed by atoms with van der Waals surface area (Å²) in [6, 6.07) is 7.20. The molecular formula is C14H10N4OS. The molecule has 3 aromatic heterocycles. The molecule has 0 aliphatic carbocycles. The number of hydrogen-bond acceptors (Lipinski definition) is 5. The minimum absolute atomic E-state index is 0.217. The van der Waals surface area contributed by atoms with E-state index < -0.39 is 0 Å². The lowest BCUT2D eigenvalue weighted by molar-refractivity contribution is 0.102. The van der Waals surface area contributed by atoms with Crippen LogP contribution < -0.4 is 5.32 Å². The maximum Gasteiger partial charge on any atom is 0.259 e. The Bertz CT molecular complexity index is 712. The predicted octanol–water partition coefficient (Wildman–Crippen LogP) is 2.85. The Balaban J connectivity index is 1.77. The first kappa shape index (κ1) is 12.4. The molecule has 6 heteroatoms. The monoisotopic (exact) mass is 282 g/mol. The molecule has 0 saturated carbocycles. The molecule has 3 heterocycles. The van der Waals surface area contributed by atoms with Crippen LogP contribution in [0.15, 0.2) is 54.4 Å². The van der Waals surface area contributed by atoms with Crippen LogP contribution in [0.5, 0.6) is 0 Å². The second-order valence-corrected chi connectivity index (χ2v) is 4.83. The molecule has 5 nitrogen and oxygen atoms in total. The van der Waals surface area contributed by atoms with E-state index in [1.54, 1.807) is 30.7 Å². The maximum absolute atomic E-state index is 12.0. The third-order valence-corrected chi connectivity index (χ3v) is 3.36. The molecule has 1 N–H and O–H groups in total. The van der Waals surface area contributed by atoms with Gasteiger partial charge in [-0.2, -0.15) is 0 Å². The van der Waals surface area contributed by atoms with Crippen molar-refractivity contribution in [2.24, 2.45) is 0 Å². The van der Waals surface area contributed by atoms with Crippen molar-refractivity contribution in [1.82, 2.24) is 15.0 Å². The number of nitrogens with one attached hydrogen (secondary N) is 1. The van der Waals surface area contributed by atoms with Gasteiger partial charge in [-0.3, -0.25) is 20.1 Å². The van der Waals surface area contributed by atoms with Gasteiger partial charge in [-0.25, -0.2) is 4.98 Å². The Morgan fingerprint density at radius 2 is 1.90 bits per heavy atom. The van der Waals surface area contributed by atoms with Gasteiger partial charge in [-0.1, -0.05) is 0 Å². The average molecular weight is 282 g/mol. The van der Waals surface area contributed by atoms with Crippen molar-refractivity contribution < 1.29 is 4.79 Å². The molecule has 0 spiro atoms. The molecule has 0 fully saturated rings. The summed E-state index contributed by atoms with van der Waals surface area (Å²) in [6.45, 7) is 0. The van der Waals surface area contributed by atoms with Crippen molar-refractivity contribution in [3.05, 3.63) is 60.0 Å². The number of rotatable bonds is 3. The van der Waals surface area contributed by atoms with Crippen LogP contribution in [-0.4, -0.2) is 20.9 Å². The first-order valence-corrected chi connectivity index (χ1v) is 6.78. The molecule has 0 aromatic carbocycles. The minimum atomic E-state index is -0.217. The summed E-state index contributed by atoms with van der Waals surface area (Å²) in [6.07, 6.45) is 6.59. The highest BCUT2D eigenvalue weighted by molar-refractivity contribution is 7.14. The molecule has 98 valence electrons. The van der Waals surface area contributed by atoms with E-state index in [-0.39, 0.29) is 5.91 Å². The zero-order valence-electron chi connectivity index (χ0n) is 10.4. The normalized spacial score (nSPS) is 10.2. The van der Waals surface area contributed by atoms with Crippen LogP contribution in [0, 0.1) is 0 Å². The Morgan fingerprint density at radius 3 is 2.60 bits per heavy atom. The largest absolute Gasteiger partial charge is 0.298 e. The van der Waals surface area contributed by atoms with E-state index in [1.807, 2.05) is 17.5 Å². The van der Waals surface area contributed by atoms with E-state index in [0.29, 0.717) is 10.7 Å². The second-order valence-electron chi connectivity index (χ2n) is 3.98. The predicted molar refractivity (Wildman–Crippen MR) is 77.5 cm³/mol. The number of hydrogen-bond donors (Lipinski definition) is 1. The van der Waals surface area contributed by atoms with Crippen LogP contribution >= 0.6 is 11.3 Å². The van der Waals surface area contributed by atoms with Crippen LogP contribution in [0.25, 0.3) is 11.3 Å². The van der Waals surface area contributed by atoms with Crippen molar-refractivity contribution in [2.75, 3.05) is 5.32 Å². The average Bonchev–Trinajstić information content (AvgIpc) is 2.97. The first-order chi connectivity index (χ1) is 9.83. The van der Waals surface area contributed by atoms with Crippen LogP contribution in [0.3, 0.4) is 0 Å². The van der Waals surface area contributed by atoms with Crippen molar-refractivity contribution in [3.8, 4) is 11.3 Å². The summed E-state index contributed by atoms with van der Waals surface area (Å²) in [5.74, 6) is -0.217. The van der Waals surface area contributed by atoms with Gasteiger partial charge in [0, 0.05) is 35.7 Å². The van der Waals surface area contributed by atoms with Gasteiger partial charge in [-0.15, -0.1) is 11.3 Å². The molecule has 0 aliphatic heterocycles. The number of carbonyl (C=O) groups excluding carboxylic acids is 1. The number of pyridine rings is 2. The lowest BCUT2D eigenvalue weighted by Crippen LogP contribution is -2.11. The molecule has 0 saturated heterocycles. The maximum atomic E-state index is 12.0. The van der Waals surface area contributed by atoms with Crippen LogP contribution in [0.2, 0.25) is 0 Å². The molecule has 0 unspecified atom stereocenters. The van der Waals surface area contributed by atoms with Gasteiger partial charge in [0.1, 0.15) is 0 Å². The van der Waals surface area contributed by atoms with Crippen molar-refractivity contribution in [1.29, 1.82) is 0 Å². The summed E-state index contributed by atoms with van der Waals surface area (Å²) in [5.41, 5.74) is 2.22. The van der Waals surface area contributed by atoms with Gasteiger partial charge in [-0.05, 0) is 24.3 Å². The molecule has 3 aromatic rings. The Kier molecular flexibility index (Phi) is 3.47. The minimum Gasteiger partial charge on any atom is -0.298 e. The van der Waals surface area contributed by atoms with E-state index in [9.17, 15) is 4.79 Å². The summed E-state index contributed by atoms with van der Waals surface area (Å²) >= 11 is 1.38. The summed E-state index contributed by atoms with van der Waals surface area (Å²) in [7, 11) is 0. The van der Waals surface area contributed by atoms with Gasteiger partial charge in [0.25, 0.3) is 5.91 Å². The third kappa shape index (κ3) is 2.70. The van der Waals surface area contributed by atoms with Crippen molar-refractivity contribution in [3.63, 3.8) is 0 Å². The quantitative estimate of drug-likeness (QED) is 0.802. The highest BCUT2D eigenvalue weighted by Gasteiger charge is 2.09. The Morgan fingerprint density at radius 1 is 1.10 bits per heavy atom. The van der Waals surface area contributed by atoms with Crippen LogP contribution in [0.4, 0.5) is 5.13 Å². The number of thiazole rings is 1. The second kappa shape index (κ2) is 5.58. The molecule has 3 rings (SSSR count). The fraction of sp³-hybridized carbons (Fsp3) is 0. The SMILES string of the molecule is O=C(Nc1nc(-c2cccnc2)cs1)c1cccnc1. The number of amides is 1. The Labute approximate surface area is 119 Å². The van der Waals surface area contributed by atoms with Gasteiger partial charge in [0.2, 0.25) is 0 Å². The summed E-state index contributed by atoms with van der Waals surface area (Å²) < 4.78 is 0. The van der Waals surface area contributed by atoms with Crippen molar-refractivity contribution >= 4 is 22.4 Å². The smallest absolute Gasteiger partial charge is 0.259 e.